The molecule has 1 aromatic rings. The third-order valence-electron chi connectivity index (χ3n) is 3.77. The highest BCUT2D eigenvalue weighted by atomic mass is 15.0. The predicted octanol–water partition coefficient (Wildman–Crippen LogP) is 4.32. The van der Waals surface area contributed by atoms with E-state index in [9.17, 15) is 0 Å². The second-order valence-corrected chi connectivity index (χ2v) is 5.33. The maximum absolute atomic E-state index is 4.42. The third-order valence-corrected chi connectivity index (χ3v) is 3.77. The average Bonchev–Trinajstić information content (AvgIpc) is 2.94. The molecule has 1 aromatic carbocycles. The van der Waals surface area contributed by atoms with Gasteiger partial charge in [-0.15, -0.1) is 0 Å². The Balaban J connectivity index is 2.00. The van der Waals surface area contributed by atoms with Gasteiger partial charge in [-0.1, -0.05) is 67.0 Å². The van der Waals surface area contributed by atoms with Crippen molar-refractivity contribution in [3.05, 3.63) is 42.1 Å². The van der Waals surface area contributed by atoms with Crippen LogP contribution in [0.3, 0.4) is 0 Å². The maximum Gasteiger partial charge on any atom is 0.244 e. The number of unbranched alkanes of at least 4 members (excludes halogenated alkanes) is 1. The summed E-state index contributed by atoms with van der Waals surface area (Å²) in [6, 6.07) is 10.7. The van der Waals surface area contributed by atoms with E-state index in [2.05, 4.69) is 54.2 Å². The standard InChI is InChI=1S/C17H23N2/c1-3-4-10-16(17-18-11-12-19-17)14(2)13-15-8-6-5-7-9-15/h5-9,11-12,14,16H,3-4,10,13H2,1-2H3/q+1. The van der Waals surface area contributed by atoms with E-state index in [1.807, 2.05) is 12.4 Å². The van der Waals surface area contributed by atoms with Crippen LogP contribution < -0.4 is 0 Å². The van der Waals surface area contributed by atoms with Crippen LogP contribution in [0.5, 0.6) is 0 Å². The average molecular weight is 255 g/mol. The predicted molar refractivity (Wildman–Crippen MR) is 82.6 cm³/mol. The summed E-state index contributed by atoms with van der Waals surface area (Å²) in [5.74, 6) is 1.06. The lowest BCUT2D eigenvalue weighted by Crippen LogP contribution is -2.19. The molecule has 0 aromatic heterocycles. The highest BCUT2D eigenvalue weighted by Crippen LogP contribution is 2.33. The Morgan fingerprint density at radius 3 is 2.42 bits per heavy atom. The molecule has 2 atom stereocenters. The van der Waals surface area contributed by atoms with Gasteiger partial charge in [0.15, 0.2) is 12.4 Å². The molecular weight excluding hydrogens is 232 g/mol. The first-order valence-corrected chi connectivity index (χ1v) is 7.28. The van der Waals surface area contributed by atoms with Gasteiger partial charge in [0, 0.05) is 0 Å². The first-order chi connectivity index (χ1) is 9.31. The molecular formula is C17H23N2+. The normalized spacial score (nSPS) is 16.8. The van der Waals surface area contributed by atoms with E-state index in [0.717, 1.165) is 12.6 Å². The van der Waals surface area contributed by atoms with Crippen LogP contribution in [0, 0.1) is 18.0 Å². The van der Waals surface area contributed by atoms with Crippen molar-refractivity contribution in [3.63, 3.8) is 0 Å². The molecule has 0 spiro atoms. The van der Waals surface area contributed by atoms with Crippen LogP contribution in [-0.4, -0.2) is 12.4 Å². The number of aliphatic imine (C=N–C) groups is 2. The fraction of sp³-hybridized carbons (Fsp3) is 0.471. The van der Waals surface area contributed by atoms with E-state index < -0.39 is 0 Å². The van der Waals surface area contributed by atoms with Crippen molar-refractivity contribution in [1.29, 1.82) is 0 Å². The second kappa shape index (κ2) is 7.13. The summed E-state index contributed by atoms with van der Waals surface area (Å²) in [4.78, 5) is 8.84. The minimum Gasteiger partial charge on any atom is -0.0965 e. The Morgan fingerprint density at radius 2 is 1.79 bits per heavy atom. The molecule has 2 heteroatoms. The summed E-state index contributed by atoms with van der Waals surface area (Å²) < 4.78 is 0. The van der Waals surface area contributed by atoms with E-state index in [1.54, 1.807) is 0 Å². The van der Waals surface area contributed by atoms with Gasteiger partial charge in [-0.2, -0.15) is 0 Å². The maximum atomic E-state index is 4.42. The van der Waals surface area contributed by atoms with Crippen LogP contribution in [0.25, 0.3) is 0 Å². The van der Waals surface area contributed by atoms with E-state index in [4.69, 9.17) is 0 Å². The van der Waals surface area contributed by atoms with Crippen LogP contribution in [0.15, 0.2) is 40.3 Å². The van der Waals surface area contributed by atoms with E-state index in [0.29, 0.717) is 11.8 Å². The molecule has 2 rings (SSSR count). The molecule has 0 radical (unpaired) electrons. The van der Waals surface area contributed by atoms with Gasteiger partial charge in [0.05, 0.1) is 5.92 Å². The Labute approximate surface area is 116 Å². The SMILES string of the molecule is CCCCC([C+]1N=CC=N1)C(C)Cc1ccccc1. The summed E-state index contributed by atoms with van der Waals surface area (Å²) >= 11 is 0. The fourth-order valence-electron chi connectivity index (χ4n) is 2.66. The van der Waals surface area contributed by atoms with Gasteiger partial charge in [0.25, 0.3) is 0 Å². The number of benzene rings is 1. The zero-order valence-electron chi connectivity index (χ0n) is 11.9. The number of hydrogen-bond donors (Lipinski definition) is 0. The second-order valence-electron chi connectivity index (χ2n) is 5.33. The van der Waals surface area contributed by atoms with Crippen LogP contribution in [0.2, 0.25) is 0 Å². The minimum absolute atomic E-state index is 0.482. The Hall–Kier alpha value is -1.57. The Bertz CT molecular complexity index is 410. The lowest BCUT2D eigenvalue weighted by atomic mass is 9.83. The zero-order valence-corrected chi connectivity index (χ0v) is 11.9. The van der Waals surface area contributed by atoms with Crippen LogP contribution in [0.1, 0.15) is 38.7 Å². The Morgan fingerprint density at radius 1 is 1.11 bits per heavy atom. The van der Waals surface area contributed by atoms with Crippen molar-refractivity contribution in [2.45, 2.75) is 39.5 Å². The van der Waals surface area contributed by atoms with Gasteiger partial charge in [-0.3, -0.25) is 0 Å². The molecule has 1 aliphatic rings. The molecule has 0 bridgehead atoms. The fourth-order valence-corrected chi connectivity index (χ4v) is 2.66. The van der Waals surface area contributed by atoms with Gasteiger partial charge < -0.3 is 0 Å². The summed E-state index contributed by atoms with van der Waals surface area (Å²) in [5, 5.41) is 0. The van der Waals surface area contributed by atoms with Crippen molar-refractivity contribution >= 4 is 12.4 Å². The van der Waals surface area contributed by atoms with Crippen LogP contribution >= 0.6 is 0 Å². The minimum atomic E-state index is 0.482. The molecule has 0 amide bonds. The number of nitrogens with zero attached hydrogens (tertiary/aromatic N) is 2. The molecule has 0 aliphatic carbocycles. The summed E-state index contributed by atoms with van der Waals surface area (Å²) in [7, 11) is 0. The lowest BCUT2D eigenvalue weighted by molar-refractivity contribution is 0.334. The molecule has 0 N–H and O–H groups in total. The molecule has 100 valence electrons. The van der Waals surface area contributed by atoms with E-state index in [-0.39, 0.29) is 0 Å². The Kier molecular flexibility index (Phi) is 5.20. The molecule has 1 aliphatic heterocycles. The summed E-state index contributed by atoms with van der Waals surface area (Å²) in [6.45, 7) is 4.56. The molecule has 2 nitrogen and oxygen atoms in total. The topological polar surface area (TPSA) is 24.7 Å². The van der Waals surface area contributed by atoms with Gasteiger partial charge in [0.1, 0.15) is 0 Å². The molecule has 0 saturated heterocycles. The molecule has 1 heterocycles. The number of rotatable bonds is 7. The summed E-state index contributed by atoms with van der Waals surface area (Å²) in [6.07, 6.45) is 9.41. The van der Waals surface area contributed by atoms with Crippen molar-refractivity contribution in [2.24, 2.45) is 21.8 Å². The quantitative estimate of drug-likeness (QED) is 0.648. The van der Waals surface area contributed by atoms with Crippen molar-refractivity contribution in [2.75, 3.05) is 0 Å². The van der Waals surface area contributed by atoms with Gasteiger partial charge in [-0.05, 0) is 24.3 Å². The molecule has 0 fully saturated rings. The highest BCUT2D eigenvalue weighted by Gasteiger charge is 2.32. The van der Waals surface area contributed by atoms with E-state index >= 15 is 0 Å². The zero-order chi connectivity index (χ0) is 13.5. The van der Waals surface area contributed by atoms with Crippen LogP contribution in [0.4, 0.5) is 0 Å². The monoisotopic (exact) mass is 255 g/mol. The molecule has 2 unspecified atom stereocenters. The van der Waals surface area contributed by atoms with Gasteiger partial charge in [0.2, 0.25) is 6.17 Å². The lowest BCUT2D eigenvalue weighted by Gasteiger charge is -2.21. The third kappa shape index (κ3) is 3.95. The largest absolute Gasteiger partial charge is 0.244 e. The van der Waals surface area contributed by atoms with Crippen molar-refractivity contribution in [1.82, 2.24) is 0 Å². The first kappa shape index (κ1) is 13.9. The molecule has 19 heavy (non-hydrogen) atoms. The van der Waals surface area contributed by atoms with E-state index in [1.165, 1.54) is 24.8 Å². The smallest absolute Gasteiger partial charge is 0.0965 e. The first-order valence-electron chi connectivity index (χ1n) is 7.28. The van der Waals surface area contributed by atoms with Crippen LogP contribution in [-0.2, 0) is 6.42 Å². The van der Waals surface area contributed by atoms with Crippen molar-refractivity contribution in [3.8, 4) is 0 Å². The van der Waals surface area contributed by atoms with Crippen molar-refractivity contribution < 1.29 is 0 Å². The number of hydrogen-bond acceptors (Lipinski definition) is 2. The summed E-state index contributed by atoms with van der Waals surface area (Å²) in [5.41, 5.74) is 1.41. The van der Waals surface area contributed by atoms with Gasteiger partial charge >= 0.3 is 0 Å². The van der Waals surface area contributed by atoms with Gasteiger partial charge in [-0.25, -0.2) is 0 Å². The molecule has 0 saturated carbocycles. The highest BCUT2D eigenvalue weighted by molar-refractivity contribution is 6.18.